The Morgan fingerprint density at radius 1 is 0.704 bits per heavy atom. The standard InChI is InChI=1S/C24H28NOP/c1-17-11-18(2)14-23(13-17)27(26,24-15-19(3)12-20(4)16-24)25-21(5)22-9-7-6-8-10-22/h6-16,21H,1-5H3,(H,25,26)/t21-/m1/s1. The van der Waals surface area contributed by atoms with Crippen molar-refractivity contribution in [3.8, 4) is 0 Å². The first-order chi connectivity index (χ1) is 12.8. The van der Waals surface area contributed by atoms with E-state index in [1.807, 2.05) is 18.2 Å². The maximum atomic E-state index is 14.5. The Labute approximate surface area is 163 Å². The summed E-state index contributed by atoms with van der Waals surface area (Å²) < 4.78 is 14.5. The fourth-order valence-electron chi connectivity index (χ4n) is 3.65. The van der Waals surface area contributed by atoms with Crippen LogP contribution in [0.15, 0.2) is 66.7 Å². The maximum Gasteiger partial charge on any atom is 0.205 e. The molecule has 2 nitrogen and oxygen atoms in total. The van der Waals surface area contributed by atoms with E-state index < -0.39 is 7.29 Å². The smallest absolute Gasteiger partial charge is 0.205 e. The summed E-state index contributed by atoms with van der Waals surface area (Å²) in [6.45, 7) is 10.3. The second-order valence-corrected chi connectivity index (χ2v) is 10.1. The highest BCUT2D eigenvalue weighted by molar-refractivity contribution is 7.76. The Hall–Kier alpha value is -2.15. The summed E-state index contributed by atoms with van der Waals surface area (Å²) in [7, 11) is -3.00. The molecule has 1 N–H and O–H groups in total. The normalized spacial score (nSPS) is 12.8. The van der Waals surface area contributed by atoms with Gasteiger partial charge in [0.2, 0.25) is 7.29 Å². The molecule has 0 aromatic heterocycles. The van der Waals surface area contributed by atoms with Crippen molar-refractivity contribution in [2.45, 2.75) is 40.7 Å². The average molecular weight is 377 g/mol. The molecule has 0 bridgehead atoms. The lowest BCUT2D eigenvalue weighted by atomic mass is 10.1. The van der Waals surface area contributed by atoms with Crippen LogP contribution in [0, 0.1) is 27.7 Å². The number of nitrogens with one attached hydrogen (secondary N) is 1. The molecule has 27 heavy (non-hydrogen) atoms. The van der Waals surface area contributed by atoms with Gasteiger partial charge in [-0.2, -0.15) is 0 Å². The summed E-state index contributed by atoms with van der Waals surface area (Å²) in [5.74, 6) is 0. The summed E-state index contributed by atoms with van der Waals surface area (Å²) in [6.07, 6.45) is 0. The first-order valence-corrected chi connectivity index (χ1v) is 11.1. The Morgan fingerprint density at radius 3 is 1.52 bits per heavy atom. The lowest BCUT2D eigenvalue weighted by Crippen LogP contribution is -2.30. The molecule has 3 aromatic carbocycles. The van der Waals surface area contributed by atoms with Gasteiger partial charge in [-0.25, -0.2) is 0 Å². The van der Waals surface area contributed by atoms with Crippen LogP contribution in [0.1, 0.15) is 40.8 Å². The van der Waals surface area contributed by atoms with E-state index in [4.69, 9.17) is 0 Å². The fraction of sp³-hybridized carbons (Fsp3) is 0.250. The van der Waals surface area contributed by atoms with E-state index in [1.54, 1.807) is 0 Å². The van der Waals surface area contributed by atoms with Crippen molar-refractivity contribution >= 4 is 17.9 Å². The number of benzene rings is 3. The van der Waals surface area contributed by atoms with Gasteiger partial charge in [-0.15, -0.1) is 0 Å². The molecule has 0 spiro atoms. The topological polar surface area (TPSA) is 29.1 Å². The molecule has 0 aliphatic carbocycles. The van der Waals surface area contributed by atoms with Crippen molar-refractivity contribution in [1.82, 2.24) is 5.09 Å². The molecule has 140 valence electrons. The number of hydrogen-bond donors (Lipinski definition) is 1. The molecule has 3 aromatic rings. The van der Waals surface area contributed by atoms with Crippen LogP contribution in [-0.2, 0) is 4.57 Å². The average Bonchev–Trinajstić information content (AvgIpc) is 2.60. The van der Waals surface area contributed by atoms with Gasteiger partial charge in [0.05, 0.1) is 0 Å². The van der Waals surface area contributed by atoms with E-state index in [9.17, 15) is 4.57 Å². The van der Waals surface area contributed by atoms with Crippen LogP contribution in [0.3, 0.4) is 0 Å². The first kappa shape index (κ1) is 19.6. The van der Waals surface area contributed by atoms with E-state index in [1.165, 1.54) is 0 Å². The fourth-order valence-corrected chi connectivity index (χ4v) is 6.48. The third kappa shape index (κ3) is 4.40. The van der Waals surface area contributed by atoms with Gasteiger partial charge in [-0.3, -0.25) is 9.65 Å². The summed E-state index contributed by atoms with van der Waals surface area (Å²) in [5.41, 5.74) is 5.64. The SMILES string of the molecule is Cc1cc(C)cc(P(=O)(N[C@H](C)c2ccccc2)c2cc(C)cc(C)c2)c1. The summed E-state index contributed by atoms with van der Waals surface area (Å²) in [4.78, 5) is 0. The van der Waals surface area contributed by atoms with Gasteiger partial charge in [-0.1, -0.05) is 64.7 Å². The molecule has 0 fully saturated rings. The van der Waals surface area contributed by atoms with Crippen LogP contribution in [-0.4, -0.2) is 0 Å². The molecular formula is C24H28NOP. The molecule has 0 heterocycles. The highest BCUT2D eigenvalue weighted by Crippen LogP contribution is 2.42. The lowest BCUT2D eigenvalue weighted by molar-refractivity contribution is 0.568. The highest BCUT2D eigenvalue weighted by atomic mass is 31.2. The Kier molecular flexibility index (Phi) is 5.69. The summed E-state index contributed by atoms with van der Waals surface area (Å²) in [5, 5.41) is 5.24. The van der Waals surface area contributed by atoms with Crippen molar-refractivity contribution in [2.75, 3.05) is 0 Å². The minimum absolute atomic E-state index is 0.0290. The molecule has 0 saturated carbocycles. The van der Waals surface area contributed by atoms with Crippen molar-refractivity contribution < 1.29 is 4.57 Å². The quantitative estimate of drug-likeness (QED) is 0.595. The third-order valence-electron chi connectivity index (χ3n) is 4.82. The minimum Gasteiger partial charge on any atom is -0.297 e. The molecule has 1 atom stereocenters. The van der Waals surface area contributed by atoms with Crippen LogP contribution in [0.2, 0.25) is 0 Å². The van der Waals surface area contributed by atoms with Crippen molar-refractivity contribution in [3.63, 3.8) is 0 Å². The molecule has 3 heteroatoms. The zero-order valence-electron chi connectivity index (χ0n) is 16.8. The molecular weight excluding hydrogens is 349 g/mol. The molecule has 0 aliphatic heterocycles. The summed E-state index contributed by atoms with van der Waals surface area (Å²) in [6, 6.07) is 22.6. The van der Waals surface area contributed by atoms with Gasteiger partial charge in [0.1, 0.15) is 0 Å². The predicted molar refractivity (Wildman–Crippen MR) is 117 cm³/mol. The van der Waals surface area contributed by atoms with Gasteiger partial charge in [0.15, 0.2) is 0 Å². The van der Waals surface area contributed by atoms with E-state index in [0.29, 0.717) is 0 Å². The van der Waals surface area contributed by atoms with E-state index in [-0.39, 0.29) is 6.04 Å². The maximum absolute atomic E-state index is 14.5. The van der Waals surface area contributed by atoms with Gasteiger partial charge < -0.3 is 0 Å². The van der Waals surface area contributed by atoms with Gasteiger partial charge in [0.25, 0.3) is 0 Å². The first-order valence-electron chi connectivity index (χ1n) is 9.38. The largest absolute Gasteiger partial charge is 0.297 e. The molecule has 0 radical (unpaired) electrons. The van der Waals surface area contributed by atoms with Gasteiger partial charge in [0, 0.05) is 16.7 Å². The van der Waals surface area contributed by atoms with E-state index in [0.717, 1.165) is 38.4 Å². The predicted octanol–water partition coefficient (Wildman–Crippen LogP) is 5.50. The van der Waals surface area contributed by atoms with Crippen LogP contribution >= 0.6 is 7.29 Å². The Morgan fingerprint density at radius 2 is 1.11 bits per heavy atom. The van der Waals surface area contributed by atoms with Crippen molar-refractivity contribution in [3.05, 3.63) is 94.5 Å². The van der Waals surface area contributed by atoms with Crippen LogP contribution in [0.25, 0.3) is 0 Å². The van der Waals surface area contributed by atoms with E-state index in [2.05, 4.69) is 88.2 Å². The zero-order valence-corrected chi connectivity index (χ0v) is 17.7. The number of hydrogen-bond acceptors (Lipinski definition) is 1. The summed E-state index contributed by atoms with van der Waals surface area (Å²) >= 11 is 0. The minimum atomic E-state index is -3.00. The van der Waals surface area contributed by atoms with Crippen LogP contribution in [0.4, 0.5) is 0 Å². The highest BCUT2D eigenvalue weighted by Gasteiger charge is 2.30. The third-order valence-corrected chi connectivity index (χ3v) is 7.54. The second kappa shape index (κ2) is 7.84. The Balaban J connectivity index is 2.15. The van der Waals surface area contributed by atoms with Gasteiger partial charge >= 0.3 is 0 Å². The van der Waals surface area contributed by atoms with Crippen molar-refractivity contribution in [1.29, 1.82) is 0 Å². The second-order valence-electron chi connectivity index (χ2n) is 7.56. The van der Waals surface area contributed by atoms with Gasteiger partial charge in [-0.05, 0) is 64.4 Å². The van der Waals surface area contributed by atoms with E-state index >= 15 is 0 Å². The molecule has 0 unspecified atom stereocenters. The number of rotatable bonds is 5. The molecule has 0 aliphatic rings. The van der Waals surface area contributed by atoms with Crippen LogP contribution in [0.5, 0.6) is 0 Å². The molecule has 3 rings (SSSR count). The lowest BCUT2D eigenvalue weighted by Gasteiger charge is -2.26. The number of aryl methyl sites for hydroxylation is 4. The molecule has 0 amide bonds. The van der Waals surface area contributed by atoms with Crippen molar-refractivity contribution in [2.24, 2.45) is 0 Å². The monoisotopic (exact) mass is 377 g/mol. The Bertz CT molecular complexity index is 899. The zero-order chi connectivity index (χ0) is 19.6. The van der Waals surface area contributed by atoms with Crippen LogP contribution < -0.4 is 15.7 Å². The molecule has 0 saturated heterocycles.